The molecule has 0 saturated carbocycles. The summed E-state index contributed by atoms with van der Waals surface area (Å²) in [5.41, 5.74) is -0.397. The van der Waals surface area contributed by atoms with Crippen molar-refractivity contribution in [1.82, 2.24) is 14.8 Å². The zero-order valence-electron chi connectivity index (χ0n) is 9.81. The lowest BCUT2D eigenvalue weighted by atomic mass is 10.4. The zero-order valence-corrected chi connectivity index (χ0v) is 10.6. The maximum absolute atomic E-state index is 12.0. The molecule has 2 N–H and O–H groups in total. The van der Waals surface area contributed by atoms with Crippen molar-refractivity contribution in [3.8, 4) is 0 Å². The molecule has 0 bridgehead atoms. The summed E-state index contributed by atoms with van der Waals surface area (Å²) in [6.07, 6.45) is 2.53. The van der Waals surface area contributed by atoms with Crippen molar-refractivity contribution in [3.05, 3.63) is 36.2 Å². The van der Waals surface area contributed by atoms with E-state index in [1.807, 2.05) is 0 Å². The number of aromatic carboxylic acids is 1. The van der Waals surface area contributed by atoms with Gasteiger partial charge in [-0.05, 0) is 12.1 Å². The van der Waals surface area contributed by atoms with E-state index < -0.39 is 26.6 Å². The molecule has 2 heterocycles. The average molecular weight is 282 g/mol. The molecule has 0 spiro atoms. The molecule has 0 amide bonds. The van der Waals surface area contributed by atoms with Crippen LogP contribution in [0.25, 0.3) is 0 Å². The number of rotatable bonds is 4. The molecule has 0 aromatic carbocycles. The Morgan fingerprint density at radius 1 is 1.42 bits per heavy atom. The van der Waals surface area contributed by atoms with Gasteiger partial charge in [-0.1, -0.05) is 6.07 Å². The van der Waals surface area contributed by atoms with Crippen LogP contribution >= 0.6 is 0 Å². The molecule has 2 aromatic rings. The van der Waals surface area contributed by atoms with Gasteiger partial charge in [0.25, 0.3) is 10.0 Å². The van der Waals surface area contributed by atoms with E-state index in [9.17, 15) is 13.2 Å². The molecule has 2 rings (SSSR count). The standard InChI is InChI=1S/C10H10N4O4S/c1-14-6-7(10(15)16)9(12-14)19(17,18)13-8-4-2-3-5-11-8/h2-6H,1H3,(H,11,13)(H,15,16). The topological polar surface area (TPSA) is 114 Å². The van der Waals surface area contributed by atoms with Crippen molar-refractivity contribution in [2.75, 3.05) is 4.72 Å². The molecule has 2 aromatic heterocycles. The minimum Gasteiger partial charge on any atom is -0.478 e. The molecule has 0 atom stereocenters. The number of anilines is 1. The van der Waals surface area contributed by atoms with Crippen molar-refractivity contribution in [3.63, 3.8) is 0 Å². The van der Waals surface area contributed by atoms with Gasteiger partial charge in [0.2, 0.25) is 5.03 Å². The number of carboxylic acids is 1. The van der Waals surface area contributed by atoms with Gasteiger partial charge in [-0.2, -0.15) is 13.5 Å². The summed E-state index contributed by atoms with van der Waals surface area (Å²) >= 11 is 0. The fraction of sp³-hybridized carbons (Fsp3) is 0.100. The van der Waals surface area contributed by atoms with Crippen molar-refractivity contribution in [1.29, 1.82) is 0 Å². The second-order valence-electron chi connectivity index (χ2n) is 3.65. The van der Waals surface area contributed by atoms with Crippen LogP contribution < -0.4 is 4.72 Å². The third kappa shape index (κ3) is 2.71. The van der Waals surface area contributed by atoms with Gasteiger partial charge < -0.3 is 5.11 Å². The summed E-state index contributed by atoms with van der Waals surface area (Å²) in [6.45, 7) is 0. The van der Waals surface area contributed by atoms with Crippen molar-refractivity contribution in [2.24, 2.45) is 7.05 Å². The lowest BCUT2D eigenvalue weighted by Crippen LogP contribution is -2.17. The van der Waals surface area contributed by atoms with E-state index >= 15 is 0 Å². The fourth-order valence-corrected chi connectivity index (χ4v) is 2.58. The van der Waals surface area contributed by atoms with Crippen LogP contribution in [0.4, 0.5) is 5.82 Å². The predicted molar refractivity (Wildman–Crippen MR) is 65.2 cm³/mol. The first-order valence-electron chi connectivity index (χ1n) is 5.11. The molecule has 19 heavy (non-hydrogen) atoms. The van der Waals surface area contributed by atoms with E-state index in [1.165, 1.54) is 19.3 Å². The first-order valence-corrected chi connectivity index (χ1v) is 6.59. The van der Waals surface area contributed by atoms with Gasteiger partial charge in [0, 0.05) is 19.4 Å². The van der Waals surface area contributed by atoms with E-state index in [0.717, 1.165) is 10.9 Å². The van der Waals surface area contributed by atoms with Gasteiger partial charge in [0.05, 0.1) is 0 Å². The van der Waals surface area contributed by atoms with Gasteiger partial charge in [0.1, 0.15) is 11.4 Å². The average Bonchev–Trinajstić information content (AvgIpc) is 2.73. The van der Waals surface area contributed by atoms with E-state index in [4.69, 9.17) is 5.11 Å². The Bertz CT molecular complexity index is 708. The van der Waals surface area contributed by atoms with Crippen LogP contribution in [0, 0.1) is 0 Å². The summed E-state index contributed by atoms with van der Waals surface area (Å²) in [5.74, 6) is -1.28. The number of nitrogens with zero attached hydrogens (tertiary/aromatic N) is 3. The van der Waals surface area contributed by atoms with E-state index in [2.05, 4.69) is 14.8 Å². The maximum Gasteiger partial charge on any atom is 0.340 e. The number of pyridine rings is 1. The largest absolute Gasteiger partial charge is 0.478 e. The second kappa shape index (κ2) is 4.69. The maximum atomic E-state index is 12.0. The number of aromatic nitrogens is 3. The quantitative estimate of drug-likeness (QED) is 0.834. The summed E-state index contributed by atoms with van der Waals surface area (Å²) in [4.78, 5) is 14.8. The second-order valence-corrected chi connectivity index (χ2v) is 5.24. The Morgan fingerprint density at radius 2 is 2.16 bits per heavy atom. The third-order valence-corrected chi connectivity index (χ3v) is 3.47. The number of aryl methyl sites for hydroxylation is 1. The normalized spacial score (nSPS) is 11.2. The first-order chi connectivity index (χ1) is 8.90. The van der Waals surface area contributed by atoms with Gasteiger partial charge in [-0.3, -0.25) is 9.40 Å². The Labute approximate surface area is 108 Å². The van der Waals surface area contributed by atoms with Crippen LogP contribution in [-0.4, -0.2) is 34.3 Å². The molecule has 0 aliphatic carbocycles. The molecule has 0 unspecified atom stereocenters. The van der Waals surface area contributed by atoms with Crippen molar-refractivity contribution in [2.45, 2.75) is 5.03 Å². The van der Waals surface area contributed by atoms with Crippen LogP contribution in [0.1, 0.15) is 10.4 Å². The third-order valence-electron chi connectivity index (χ3n) is 2.18. The molecule has 9 heteroatoms. The highest BCUT2D eigenvalue weighted by molar-refractivity contribution is 7.92. The molecule has 0 aliphatic rings. The van der Waals surface area contributed by atoms with Gasteiger partial charge in [-0.25, -0.2) is 9.78 Å². The number of nitrogens with one attached hydrogen (secondary N) is 1. The minimum atomic E-state index is -4.09. The van der Waals surface area contributed by atoms with E-state index in [-0.39, 0.29) is 5.82 Å². The molecule has 8 nitrogen and oxygen atoms in total. The fourth-order valence-electron chi connectivity index (χ4n) is 1.42. The zero-order chi connectivity index (χ0) is 14.0. The lowest BCUT2D eigenvalue weighted by molar-refractivity contribution is 0.0692. The molecular formula is C10H10N4O4S. The Hall–Kier alpha value is -2.42. The molecular weight excluding hydrogens is 272 g/mol. The van der Waals surface area contributed by atoms with E-state index in [0.29, 0.717) is 0 Å². The molecule has 100 valence electrons. The number of hydrogen-bond donors (Lipinski definition) is 2. The van der Waals surface area contributed by atoms with Crippen LogP contribution in [0.15, 0.2) is 35.6 Å². The number of sulfonamides is 1. The lowest BCUT2D eigenvalue weighted by Gasteiger charge is -2.04. The molecule has 0 saturated heterocycles. The Balaban J connectivity index is 2.43. The van der Waals surface area contributed by atoms with Crippen LogP contribution in [0.3, 0.4) is 0 Å². The highest BCUT2D eigenvalue weighted by atomic mass is 32.2. The van der Waals surface area contributed by atoms with Crippen LogP contribution in [0.2, 0.25) is 0 Å². The molecule has 0 radical (unpaired) electrons. The Morgan fingerprint density at radius 3 is 2.74 bits per heavy atom. The number of hydrogen-bond acceptors (Lipinski definition) is 5. The summed E-state index contributed by atoms with van der Waals surface area (Å²) in [5, 5.41) is 12.1. The van der Waals surface area contributed by atoms with Crippen LogP contribution in [-0.2, 0) is 17.1 Å². The Kier molecular flexibility index (Phi) is 3.21. The number of carboxylic acid groups (broad SMARTS) is 1. The predicted octanol–water partition coefficient (Wildman–Crippen LogP) is 0.314. The smallest absolute Gasteiger partial charge is 0.340 e. The highest BCUT2D eigenvalue weighted by Gasteiger charge is 2.26. The molecule has 0 fully saturated rings. The SMILES string of the molecule is Cn1cc(C(=O)O)c(S(=O)(=O)Nc2ccccn2)n1. The van der Waals surface area contributed by atoms with Crippen molar-refractivity contribution < 1.29 is 18.3 Å². The highest BCUT2D eigenvalue weighted by Crippen LogP contribution is 2.16. The summed E-state index contributed by atoms with van der Waals surface area (Å²) in [6, 6.07) is 4.67. The minimum absolute atomic E-state index is 0.0875. The number of carbonyl (C=O) groups is 1. The molecule has 0 aliphatic heterocycles. The first kappa shape index (κ1) is 13.0. The van der Waals surface area contributed by atoms with Gasteiger partial charge in [-0.15, -0.1) is 0 Å². The van der Waals surface area contributed by atoms with E-state index in [1.54, 1.807) is 12.1 Å². The van der Waals surface area contributed by atoms with Crippen LogP contribution in [0.5, 0.6) is 0 Å². The van der Waals surface area contributed by atoms with Gasteiger partial charge in [0.15, 0.2) is 0 Å². The summed E-state index contributed by atoms with van der Waals surface area (Å²) < 4.78 is 27.4. The van der Waals surface area contributed by atoms with Gasteiger partial charge >= 0.3 is 5.97 Å². The monoisotopic (exact) mass is 282 g/mol. The van der Waals surface area contributed by atoms with Crippen molar-refractivity contribution >= 4 is 21.8 Å². The summed E-state index contributed by atoms with van der Waals surface area (Å²) in [7, 11) is -2.66.